The number of amides is 2. The average Bonchev–Trinajstić information content (AvgIpc) is 2.48. The largest absolute Gasteiger partial charge is 0.274 e. The number of carbonyl (C=O) groups is 2. The van der Waals surface area contributed by atoms with Crippen LogP contribution >= 0.6 is 11.6 Å². The molecule has 2 amide bonds. The Morgan fingerprint density at radius 1 is 1.17 bits per heavy atom. The number of nitro groups is 1. The van der Waals surface area contributed by atoms with Gasteiger partial charge in [0.05, 0.1) is 17.0 Å². The maximum atomic E-state index is 12.7. The van der Waals surface area contributed by atoms with E-state index in [9.17, 15) is 19.7 Å². The molecule has 0 saturated heterocycles. The summed E-state index contributed by atoms with van der Waals surface area (Å²) in [5.41, 5.74) is 1.60. The second kappa shape index (κ2) is 5.48. The molecule has 6 nitrogen and oxygen atoms in total. The standard InChI is InChI=1S/C16H11ClN2O4/c1-9-2-4-12(19(22)23)8-14(9)18-15(20)7-10-6-11(17)3-5-13(10)16(18)21/h2-6,8H,7H2,1H3. The van der Waals surface area contributed by atoms with E-state index in [0.717, 1.165) is 4.90 Å². The van der Waals surface area contributed by atoms with Crippen molar-refractivity contribution >= 4 is 34.8 Å². The predicted octanol–water partition coefficient (Wildman–Crippen LogP) is 3.29. The minimum atomic E-state index is -0.560. The Morgan fingerprint density at radius 2 is 1.91 bits per heavy atom. The van der Waals surface area contributed by atoms with Crippen molar-refractivity contribution in [3.8, 4) is 0 Å². The lowest BCUT2D eigenvalue weighted by molar-refractivity contribution is -0.384. The van der Waals surface area contributed by atoms with Crippen molar-refractivity contribution in [1.82, 2.24) is 0 Å². The van der Waals surface area contributed by atoms with Crippen LogP contribution in [-0.2, 0) is 11.2 Å². The number of nitrogens with zero attached hydrogens (tertiary/aromatic N) is 2. The second-order valence-corrected chi connectivity index (χ2v) is 5.68. The number of aryl methyl sites for hydroxylation is 1. The Kier molecular flexibility index (Phi) is 3.61. The fourth-order valence-corrected chi connectivity index (χ4v) is 2.78. The van der Waals surface area contributed by atoms with Gasteiger partial charge in [-0.3, -0.25) is 19.7 Å². The van der Waals surface area contributed by atoms with Crippen LogP contribution in [-0.4, -0.2) is 16.7 Å². The van der Waals surface area contributed by atoms with E-state index in [1.54, 1.807) is 25.1 Å². The molecular weight excluding hydrogens is 320 g/mol. The van der Waals surface area contributed by atoms with E-state index in [4.69, 9.17) is 11.6 Å². The molecular formula is C16H11ClN2O4. The van der Waals surface area contributed by atoms with Crippen LogP contribution in [0.2, 0.25) is 5.02 Å². The van der Waals surface area contributed by atoms with Crippen LogP contribution in [0, 0.1) is 17.0 Å². The van der Waals surface area contributed by atoms with E-state index in [0.29, 0.717) is 21.7 Å². The number of non-ortho nitro benzene ring substituents is 1. The molecule has 0 saturated carbocycles. The fraction of sp³-hybridized carbons (Fsp3) is 0.125. The minimum absolute atomic E-state index is 0.0176. The average molecular weight is 331 g/mol. The Bertz CT molecular complexity index is 863. The Morgan fingerprint density at radius 3 is 2.61 bits per heavy atom. The number of fused-ring (bicyclic) bond motifs is 1. The monoisotopic (exact) mass is 330 g/mol. The summed E-state index contributed by atoms with van der Waals surface area (Å²) in [5.74, 6) is -0.940. The molecule has 0 aromatic heterocycles. The molecule has 23 heavy (non-hydrogen) atoms. The van der Waals surface area contributed by atoms with E-state index in [2.05, 4.69) is 0 Å². The topological polar surface area (TPSA) is 80.5 Å². The van der Waals surface area contributed by atoms with Gasteiger partial charge >= 0.3 is 0 Å². The molecule has 1 aliphatic rings. The molecule has 116 valence electrons. The van der Waals surface area contributed by atoms with Gasteiger partial charge in [-0.1, -0.05) is 17.7 Å². The van der Waals surface area contributed by atoms with Crippen LogP contribution < -0.4 is 4.90 Å². The first-order chi connectivity index (χ1) is 10.9. The summed E-state index contributed by atoms with van der Waals surface area (Å²) < 4.78 is 0. The molecule has 1 aliphatic heterocycles. The summed E-state index contributed by atoms with van der Waals surface area (Å²) in [5, 5.41) is 11.4. The fourth-order valence-electron chi connectivity index (χ4n) is 2.59. The van der Waals surface area contributed by atoms with Gasteiger partial charge < -0.3 is 0 Å². The quantitative estimate of drug-likeness (QED) is 0.480. The molecule has 0 N–H and O–H groups in total. The third-order valence-corrected chi connectivity index (χ3v) is 3.97. The highest BCUT2D eigenvalue weighted by Gasteiger charge is 2.33. The van der Waals surface area contributed by atoms with Gasteiger partial charge in [0.15, 0.2) is 0 Å². The van der Waals surface area contributed by atoms with Gasteiger partial charge in [0.1, 0.15) is 0 Å². The molecule has 0 aliphatic carbocycles. The molecule has 2 aromatic carbocycles. The van der Waals surface area contributed by atoms with Gasteiger partial charge in [-0.05, 0) is 36.2 Å². The zero-order valence-corrected chi connectivity index (χ0v) is 12.8. The number of anilines is 1. The summed E-state index contributed by atoms with van der Waals surface area (Å²) in [4.78, 5) is 36.5. The number of hydrogen-bond acceptors (Lipinski definition) is 4. The third kappa shape index (κ3) is 2.57. The van der Waals surface area contributed by atoms with Crippen molar-refractivity contribution in [2.75, 3.05) is 4.90 Å². The van der Waals surface area contributed by atoms with E-state index < -0.39 is 16.7 Å². The zero-order valence-electron chi connectivity index (χ0n) is 12.1. The van der Waals surface area contributed by atoms with Gasteiger partial charge in [-0.2, -0.15) is 0 Å². The molecule has 0 spiro atoms. The van der Waals surface area contributed by atoms with E-state index in [1.165, 1.54) is 18.2 Å². The molecule has 2 aromatic rings. The van der Waals surface area contributed by atoms with Crippen molar-refractivity contribution in [3.63, 3.8) is 0 Å². The summed E-state index contributed by atoms with van der Waals surface area (Å²) in [6, 6.07) is 8.83. The molecule has 0 atom stereocenters. The predicted molar refractivity (Wildman–Crippen MR) is 84.8 cm³/mol. The summed E-state index contributed by atoms with van der Waals surface area (Å²) in [6.45, 7) is 1.69. The first-order valence-electron chi connectivity index (χ1n) is 6.79. The molecule has 0 unspecified atom stereocenters. The lowest BCUT2D eigenvalue weighted by Gasteiger charge is -2.28. The van der Waals surface area contributed by atoms with Gasteiger partial charge in [0.2, 0.25) is 5.91 Å². The number of benzene rings is 2. The van der Waals surface area contributed by atoms with Crippen molar-refractivity contribution in [1.29, 1.82) is 0 Å². The summed E-state index contributed by atoms with van der Waals surface area (Å²) in [6.07, 6.45) is 0.0176. The van der Waals surface area contributed by atoms with Gasteiger partial charge in [0, 0.05) is 22.7 Å². The SMILES string of the molecule is Cc1ccc([N+](=O)[O-])cc1N1C(=O)Cc2cc(Cl)ccc2C1=O. The second-order valence-electron chi connectivity index (χ2n) is 5.24. The smallest absolute Gasteiger partial charge is 0.271 e. The van der Waals surface area contributed by atoms with E-state index in [1.807, 2.05) is 0 Å². The molecule has 7 heteroatoms. The number of rotatable bonds is 2. The number of halogens is 1. The molecule has 0 fully saturated rings. The third-order valence-electron chi connectivity index (χ3n) is 3.74. The maximum Gasteiger partial charge on any atom is 0.271 e. The van der Waals surface area contributed by atoms with Crippen molar-refractivity contribution in [3.05, 3.63) is 68.2 Å². The lowest BCUT2D eigenvalue weighted by atomic mass is 9.97. The van der Waals surface area contributed by atoms with Crippen LogP contribution in [0.3, 0.4) is 0 Å². The molecule has 3 rings (SSSR count). The molecule has 0 radical (unpaired) electrons. The van der Waals surface area contributed by atoms with Gasteiger partial charge in [-0.25, -0.2) is 4.90 Å². The Hall–Kier alpha value is -2.73. The van der Waals surface area contributed by atoms with Crippen LogP contribution in [0.4, 0.5) is 11.4 Å². The highest BCUT2D eigenvalue weighted by molar-refractivity contribution is 6.31. The van der Waals surface area contributed by atoms with Crippen molar-refractivity contribution < 1.29 is 14.5 Å². The van der Waals surface area contributed by atoms with Crippen LogP contribution in [0.1, 0.15) is 21.5 Å². The van der Waals surface area contributed by atoms with Crippen LogP contribution in [0.25, 0.3) is 0 Å². The van der Waals surface area contributed by atoms with E-state index in [-0.39, 0.29) is 17.8 Å². The van der Waals surface area contributed by atoms with E-state index >= 15 is 0 Å². The number of imide groups is 1. The Labute approximate surface area is 136 Å². The maximum absolute atomic E-state index is 12.7. The normalized spacial score (nSPS) is 13.9. The van der Waals surface area contributed by atoms with Crippen molar-refractivity contribution in [2.45, 2.75) is 13.3 Å². The first kappa shape index (κ1) is 15.2. The lowest BCUT2D eigenvalue weighted by Crippen LogP contribution is -2.42. The summed E-state index contributed by atoms with van der Waals surface area (Å²) >= 11 is 5.90. The van der Waals surface area contributed by atoms with Crippen LogP contribution in [0.5, 0.6) is 0 Å². The van der Waals surface area contributed by atoms with Gasteiger partial charge in [-0.15, -0.1) is 0 Å². The minimum Gasteiger partial charge on any atom is -0.274 e. The molecule has 0 bridgehead atoms. The highest BCUT2D eigenvalue weighted by Crippen LogP contribution is 2.31. The van der Waals surface area contributed by atoms with Gasteiger partial charge in [0.25, 0.3) is 11.6 Å². The van der Waals surface area contributed by atoms with Crippen molar-refractivity contribution in [2.24, 2.45) is 0 Å². The molecule has 1 heterocycles. The number of carbonyl (C=O) groups excluding carboxylic acids is 2. The number of hydrogen-bond donors (Lipinski definition) is 0. The first-order valence-corrected chi connectivity index (χ1v) is 7.17. The highest BCUT2D eigenvalue weighted by atomic mass is 35.5. The zero-order chi connectivity index (χ0) is 16.7. The summed E-state index contributed by atoms with van der Waals surface area (Å²) in [7, 11) is 0. The van der Waals surface area contributed by atoms with Crippen LogP contribution in [0.15, 0.2) is 36.4 Å². The number of nitro benzene ring substituents is 1. The Balaban J connectivity index is 2.12.